The van der Waals surface area contributed by atoms with Crippen molar-refractivity contribution in [1.82, 2.24) is 0 Å². The minimum absolute atomic E-state index is 0.0666. The molecule has 64 valence electrons. The van der Waals surface area contributed by atoms with Crippen LogP contribution in [0, 0.1) is 0 Å². The number of benzene rings is 1. The Labute approximate surface area is 73.7 Å². The quantitative estimate of drug-likeness (QED) is 0.446. The predicted molar refractivity (Wildman–Crippen MR) is 46.0 cm³/mol. The highest BCUT2D eigenvalue weighted by atomic mass is 35.5. The number of amides is 1. The summed E-state index contributed by atoms with van der Waals surface area (Å²) in [5.41, 5.74) is 10.3. The molecule has 0 saturated heterocycles. The minimum atomic E-state index is -0.695. The first-order valence-corrected chi connectivity index (χ1v) is 3.48. The van der Waals surface area contributed by atoms with Crippen molar-refractivity contribution in [1.29, 1.82) is 0 Å². The molecule has 0 aromatic heterocycles. The molecule has 1 rings (SSSR count). The summed E-state index contributed by atoms with van der Waals surface area (Å²) in [5.74, 6) is -1.01. The minimum Gasteiger partial charge on any atom is -0.504 e. The van der Waals surface area contributed by atoms with E-state index in [4.69, 9.17) is 23.1 Å². The second-order valence-corrected chi connectivity index (χ2v) is 2.63. The lowest BCUT2D eigenvalue weighted by atomic mass is 10.1. The van der Waals surface area contributed by atoms with Gasteiger partial charge >= 0.3 is 0 Å². The third kappa shape index (κ3) is 1.29. The number of phenols is 1. The fourth-order valence-corrected chi connectivity index (χ4v) is 0.961. The Morgan fingerprint density at radius 1 is 1.50 bits per heavy atom. The van der Waals surface area contributed by atoms with E-state index in [1.807, 2.05) is 0 Å². The van der Waals surface area contributed by atoms with Crippen molar-refractivity contribution >= 4 is 23.2 Å². The third-order valence-electron chi connectivity index (χ3n) is 1.43. The number of rotatable bonds is 1. The van der Waals surface area contributed by atoms with E-state index in [2.05, 4.69) is 0 Å². The summed E-state index contributed by atoms with van der Waals surface area (Å²) in [6.45, 7) is 0. The van der Waals surface area contributed by atoms with Gasteiger partial charge in [-0.25, -0.2) is 0 Å². The SMILES string of the molecule is NC(=O)c1ccc(Cl)c(O)c1N. The van der Waals surface area contributed by atoms with Gasteiger partial charge in [0.15, 0.2) is 5.75 Å². The number of carbonyl (C=O) groups is 1. The molecule has 0 aliphatic heterocycles. The first kappa shape index (κ1) is 8.67. The molecule has 0 unspecified atom stereocenters. The molecule has 12 heavy (non-hydrogen) atoms. The fourth-order valence-electron chi connectivity index (χ4n) is 0.796. The van der Waals surface area contributed by atoms with Crippen LogP contribution in [0.25, 0.3) is 0 Å². The molecule has 0 radical (unpaired) electrons. The van der Waals surface area contributed by atoms with Crippen LogP contribution < -0.4 is 11.5 Å². The van der Waals surface area contributed by atoms with Gasteiger partial charge in [0.25, 0.3) is 5.91 Å². The van der Waals surface area contributed by atoms with Gasteiger partial charge in [-0.1, -0.05) is 11.6 Å². The maximum absolute atomic E-state index is 10.7. The van der Waals surface area contributed by atoms with Crippen molar-refractivity contribution in [3.63, 3.8) is 0 Å². The lowest BCUT2D eigenvalue weighted by molar-refractivity contribution is 0.100. The number of nitrogen functional groups attached to an aromatic ring is 1. The van der Waals surface area contributed by atoms with Crippen LogP contribution in [0.1, 0.15) is 10.4 Å². The zero-order valence-electron chi connectivity index (χ0n) is 6.04. The molecule has 0 spiro atoms. The second-order valence-electron chi connectivity index (χ2n) is 2.22. The fraction of sp³-hybridized carbons (Fsp3) is 0. The molecule has 5 N–H and O–H groups in total. The van der Waals surface area contributed by atoms with Gasteiger partial charge in [-0.05, 0) is 12.1 Å². The lowest BCUT2D eigenvalue weighted by Crippen LogP contribution is -2.13. The lowest BCUT2D eigenvalue weighted by Gasteiger charge is -2.04. The maximum Gasteiger partial charge on any atom is 0.250 e. The van der Waals surface area contributed by atoms with Crippen LogP contribution in [0.3, 0.4) is 0 Å². The summed E-state index contributed by atoms with van der Waals surface area (Å²) in [6.07, 6.45) is 0. The van der Waals surface area contributed by atoms with Crippen molar-refractivity contribution in [2.75, 3.05) is 5.73 Å². The van der Waals surface area contributed by atoms with Gasteiger partial charge in [0.1, 0.15) is 0 Å². The predicted octanol–water partition coefficient (Wildman–Crippen LogP) is 0.727. The van der Waals surface area contributed by atoms with Gasteiger partial charge in [0.05, 0.1) is 16.3 Å². The van der Waals surface area contributed by atoms with Crippen molar-refractivity contribution in [2.24, 2.45) is 5.73 Å². The molecule has 0 fully saturated rings. The molecule has 1 amide bonds. The number of hydrogen-bond acceptors (Lipinski definition) is 3. The average Bonchev–Trinajstić information content (AvgIpc) is 2.00. The summed E-state index contributed by atoms with van der Waals surface area (Å²) in [6, 6.07) is 2.72. The van der Waals surface area contributed by atoms with E-state index in [9.17, 15) is 9.90 Å². The first-order chi connectivity index (χ1) is 5.54. The van der Waals surface area contributed by atoms with Gasteiger partial charge in [-0.15, -0.1) is 0 Å². The van der Waals surface area contributed by atoms with Crippen LogP contribution in [0.15, 0.2) is 12.1 Å². The molecule has 5 heteroatoms. The largest absolute Gasteiger partial charge is 0.504 e. The Balaban J connectivity index is 3.36. The number of anilines is 1. The summed E-state index contributed by atoms with van der Waals surface area (Å²) in [7, 11) is 0. The maximum atomic E-state index is 10.7. The molecule has 0 atom stereocenters. The molecule has 1 aromatic carbocycles. The number of carbonyl (C=O) groups excluding carboxylic acids is 1. The van der Waals surface area contributed by atoms with E-state index < -0.39 is 5.91 Å². The monoisotopic (exact) mass is 186 g/mol. The Morgan fingerprint density at radius 2 is 2.08 bits per heavy atom. The van der Waals surface area contributed by atoms with E-state index >= 15 is 0 Å². The van der Waals surface area contributed by atoms with Gasteiger partial charge in [0.2, 0.25) is 0 Å². The normalized spacial score (nSPS) is 9.75. The van der Waals surface area contributed by atoms with Crippen LogP contribution in [-0.2, 0) is 0 Å². The highest BCUT2D eigenvalue weighted by Crippen LogP contribution is 2.31. The molecular formula is C7H7ClN2O2. The molecule has 0 saturated carbocycles. The smallest absolute Gasteiger partial charge is 0.250 e. The summed E-state index contributed by atoms with van der Waals surface area (Å²) in [4.78, 5) is 10.7. The topological polar surface area (TPSA) is 89.3 Å². The molecule has 1 aromatic rings. The number of aromatic hydroxyl groups is 1. The molecule has 0 heterocycles. The highest BCUT2D eigenvalue weighted by molar-refractivity contribution is 6.32. The standard InChI is InChI=1S/C7H7ClN2O2/c8-4-2-1-3(7(10)12)5(9)6(4)11/h1-2,11H,9H2,(H2,10,12). The number of hydrogen-bond donors (Lipinski definition) is 3. The Hall–Kier alpha value is -1.42. The van der Waals surface area contributed by atoms with Crippen molar-refractivity contribution in [3.05, 3.63) is 22.7 Å². The molecule has 0 bridgehead atoms. The number of nitrogens with two attached hydrogens (primary N) is 2. The van der Waals surface area contributed by atoms with Crippen LogP contribution in [0.5, 0.6) is 5.75 Å². The van der Waals surface area contributed by atoms with E-state index in [0.29, 0.717) is 0 Å². The van der Waals surface area contributed by atoms with Gasteiger partial charge in [0, 0.05) is 0 Å². The van der Waals surface area contributed by atoms with Crippen LogP contribution >= 0.6 is 11.6 Å². The zero-order valence-corrected chi connectivity index (χ0v) is 6.80. The van der Waals surface area contributed by atoms with Crippen LogP contribution in [0.4, 0.5) is 5.69 Å². The van der Waals surface area contributed by atoms with Crippen LogP contribution in [0.2, 0.25) is 5.02 Å². The van der Waals surface area contributed by atoms with Gasteiger partial charge < -0.3 is 16.6 Å². The Kier molecular flexibility index (Phi) is 2.10. The molecule has 4 nitrogen and oxygen atoms in total. The summed E-state index contributed by atoms with van der Waals surface area (Å²) >= 11 is 5.51. The van der Waals surface area contributed by atoms with E-state index in [0.717, 1.165) is 0 Å². The Morgan fingerprint density at radius 3 is 2.58 bits per heavy atom. The summed E-state index contributed by atoms with van der Waals surface area (Å²) < 4.78 is 0. The van der Waals surface area contributed by atoms with Crippen molar-refractivity contribution in [2.45, 2.75) is 0 Å². The van der Waals surface area contributed by atoms with E-state index in [1.54, 1.807) is 0 Å². The van der Waals surface area contributed by atoms with E-state index in [1.165, 1.54) is 12.1 Å². The third-order valence-corrected chi connectivity index (χ3v) is 1.74. The number of primary amides is 1. The molecule has 0 aliphatic rings. The Bertz CT molecular complexity index is 338. The molecule has 0 aliphatic carbocycles. The second kappa shape index (κ2) is 2.91. The highest BCUT2D eigenvalue weighted by Gasteiger charge is 2.11. The molecular weight excluding hydrogens is 180 g/mol. The summed E-state index contributed by atoms with van der Waals surface area (Å²) in [5, 5.41) is 9.27. The van der Waals surface area contributed by atoms with Crippen molar-refractivity contribution in [3.8, 4) is 5.75 Å². The average molecular weight is 187 g/mol. The van der Waals surface area contributed by atoms with Crippen LogP contribution in [-0.4, -0.2) is 11.0 Å². The number of halogens is 1. The van der Waals surface area contributed by atoms with Gasteiger partial charge in [-0.2, -0.15) is 0 Å². The van der Waals surface area contributed by atoms with E-state index in [-0.39, 0.29) is 22.0 Å². The zero-order chi connectivity index (χ0) is 9.30. The number of phenolic OH excluding ortho intramolecular Hbond substituents is 1. The van der Waals surface area contributed by atoms with Crippen molar-refractivity contribution < 1.29 is 9.90 Å². The first-order valence-electron chi connectivity index (χ1n) is 3.10. The van der Waals surface area contributed by atoms with Gasteiger partial charge in [-0.3, -0.25) is 4.79 Å².